The molecule has 0 N–H and O–H groups in total. The fourth-order valence-corrected chi connectivity index (χ4v) is 4.20. The zero-order chi connectivity index (χ0) is 18.5. The molecule has 8 nitrogen and oxygen atoms in total. The first-order chi connectivity index (χ1) is 13.8. The van der Waals surface area contributed by atoms with Gasteiger partial charge in [-0.1, -0.05) is 35.6 Å². The summed E-state index contributed by atoms with van der Waals surface area (Å²) in [4.78, 5) is 5.16. The van der Waals surface area contributed by atoms with Gasteiger partial charge in [-0.25, -0.2) is 4.98 Å². The first kappa shape index (κ1) is 15.6. The van der Waals surface area contributed by atoms with Crippen LogP contribution in [0.3, 0.4) is 0 Å². The summed E-state index contributed by atoms with van der Waals surface area (Å²) in [5, 5.41) is 14.1. The number of imidazole rings is 1. The van der Waals surface area contributed by atoms with Crippen LogP contribution < -0.4 is 9.47 Å². The van der Waals surface area contributed by atoms with Crippen LogP contribution in [0, 0.1) is 0 Å². The Labute approximate surface area is 163 Å². The van der Waals surface area contributed by atoms with Gasteiger partial charge in [0, 0.05) is 0 Å². The third-order valence-corrected chi connectivity index (χ3v) is 5.69. The van der Waals surface area contributed by atoms with Gasteiger partial charge in [-0.2, -0.15) is 9.61 Å². The van der Waals surface area contributed by atoms with Crippen LogP contribution in [0.2, 0.25) is 0 Å². The van der Waals surface area contributed by atoms with Crippen LogP contribution in [0.1, 0.15) is 16.9 Å². The van der Waals surface area contributed by atoms with E-state index in [1.54, 1.807) is 4.52 Å². The van der Waals surface area contributed by atoms with Crippen LogP contribution in [0.4, 0.5) is 0 Å². The second-order valence-corrected chi connectivity index (χ2v) is 7.46. The number of fused-ring (bicyclic) bond motifs is 3. The summed E-state index contributed by atoms with van der Waals surface area (Å²) in [6.45, 7) is 0.957. The number of hydrogen-bond donors (Lipinski definition) is 0. The highest BCUT2D eigenvalue weighted by Crippen LogP contribution is 2.36. The predicted octanol–water partition coefficient (Wildman–Crippen LogP) is 3.10. The summed E-state index contributed by atoms with van der Waals surface area (Å²) in [7, 11) is 0. The van der Waals surface area contributed by atoms with Crippen molar-refractivity contribution in [1.82, 2.24) is 29.4 Å². The highest BCUT2D eigenvalue weighted by molar-refractivity contribution is 7.16. The van der Waals surface area contributed by atoms with Crippen molar-refractivity contribution in [2.75, 3.05) is 6.61 Å². The van der Waals surface area contributed by atoms with Gasteiger partial charge in [-0.15, -0.1) is 10.2 Å². The van der Waals surface area contributed by atoms with Gasteiger partial charge < -0.3 is 14.0 Å². The summed E-state index contributed by atoms with van der Waals surface area (Å²) in [5.74, 6) is 2.24. The lowest BCUT2D eigenvalue weighted by molar-refractivity contribution is 0.0904. The number of hydrogen-bond acceptors (Lipinski definition) is 7. The Morgan fingerprint density at radius 1 is 1.04 bits per heavy atom. The number of para-hydroxylation sites is 4. The van der Waals surface area contributed by atoms with Gasteiger partial charge in [-0.05, 0) is 24.3 Å². The molecule has 1 aliphatic rings. The number of benzene rings is 2. The molecule has 0 bridgehead atoms. The van der Waals surface area contributed by atoms with Gasteiger partial charge in [-0.3, -0.25) is 0 Å². The van der Waals surface area contributed by atoms with Gasteiger partial charge in [0.25, 0.3) is 0 Å². The zero-order valence-corrected chi connectivity index (χ0v) is 15.4. The van der Waals surface area contributed by atoms with Crippen molar-refractivity contribution in [3.63, 3.8) is 0 Å². The van der Waals surface area contributed by atoms with Crippen molar-refractivity contribution in [2.24, 2.45) is 0 Å². The molecule has 0 unspecified atom stereocenters. The summed E-state index contributed by atoms with van der Waals surface area (Å²) in [6, 6.07) is 15.7. The molecule has 0 aliphatic carbocycles. The largest absolute Gasteiger partial charge is 0.485 e. The summed E-state index contributed by atoms with van der Waals surface area (Å²) >= 11 is 1.46. The average Bonchev–Trinajstić information content (AvgIpc) is 3.44. The zero-order valence-electron chi connectivity index (χ0n) is 14.6. The third-order valence-electron chi connectivity index (χ3n) is 4.69. The van der Waals surface area contributed by atoms with E-state index in [1.807, 2.05) is 59.4 Å². The molecule has 0 amide bonds. The standard InChI is InChI=1S/C19H14N6O2S/c1-2-6-13-12(5-1)20-11-24(13)9-17-21-22-19-25(17)23-18(28-19)16-10-26-14-7-3-4-8-15(14)27-16/h1-8,11,16H,9-10H2/t16-/m0/s1. The molecule has 5 aromatic rings. The molecule has 3 aromatic heterocycles. The Bertz CT molecular complexity index is 1310. The summed E-state index contributed by atoms with van der Waals surface area (Å²) < 4.78 is 15.7. The van der Waals surface area contributed by atoms with Gasteiger partial charge in [0.1, 0.15) is 6.61 Å². The van der Waals surface area contributed by atoms with Crippen molar-refractivity contribution >= 4 is 27.3 Å². The fraction of sp³-hybridized carbons (Fsp3) is 0.158. The monoisotopic (exact) mass is 390 g/mol. The van der Waals surface area contributed by atoms with E-state index in [9.17, 15) is 0 Å². The van der Waals surface area contributed by atoms with E-state index in [4.69, 9.17) is 14.6 Å². The minimum Gasteiger partial charge on any atom is -0.485 e. The molecule has 1 aliphatic heterocycles. The highest BCUT2D eigenvalue weighted by atomic mass is 32.1. The van der Waals surface area contributed by atoms with E-state index < -0.39 is 0 Å². The SMILES string of the molecule is c1ccc2c(c1)OC[C@@H](c1nn3c(Cn4cnc5ccccc54)nnc3s1)O2. The molecule has 9 heteroatoms. The molecule has 4 heterocycles. The Hall–Kier alpha value is -3.46. The Kier molecular flexibility index (Phi) is 3.36. The maximum Gasteiger partial charge on any atom is 0.234 e. The van der Waals surface area contributed by atoms with Gasteiger partial charge >= 0.3 is 0 Å². The van der Waals surface area contributed by atoms with E-state index in [0.29, 0.717) is 13.2 Å². The molecule has 0 radical (unpaired) electrons. The van der Waals surface area contributed by atoms with Crippen LogP contribution in [-0.4, -0.2) is 36.0 Å². The average molecular weight is 390 g/mol. The number of ether oxygens (including phenoxy) is 2. The number of nitrogens with zero attached hydrogens (tertiary/aromatic N) is 6. The van der Waals surface area contributed by atoms with Gasteiger partial charge in [0.05, 0.1) is 23.9 Å². The topological polar surface area (TPSA) is 79.4 Å². The van der Waals surface area contributed by atoms with Gasteiger partial charge in [0.2, 0.25) is 4.96 Å². The molecule has 28 heavy (non-hydrogen) atoms. The fourth-order valence-electron chi connectivity index (χ4n) is 3.33. The minimum absolute atomic E-state index is 0.261. The Balaban J connectivity index is 1.32. The first-order valence-corrected chi connectivity index (χ1v) is 9.66. The smallest absolute Gasteiger partial charge is 0.234 e. The minimum atomic E-state index is -0.261. The lowest BCUT2D eigenvalue weighted by Crippen LogP contribution is -2.21. The Morgan fingerprint density at radius 2 is 1.89 bits per heavy atom. The van der Waals surface area contributed by atoms with E-state index in [0.717, 1.165) is 38.3 Å². The molecule has 2 aromatic carbocycles. The van der Waals surface area contributed by atoms with Crippen molar-refractivity contribution < 1.29 is 9.47 Å². The number of rotatable bonds is 3. The quantitative estimate of drug-likeness (QED) is 0.471. The van der Waals surface area contributed by atoms with Crippen LogP contribution in [0.25, 0.3) is 16.0 Å². The van der Waals surface area contributed by atoms with E-state index in [-0.39, 0.29) is 6.10 Å². The molecule has 1 atom stereocenters. The van der Waals surface area contributed by atoms with Crippen LogP contribution >= 0.6 is 11.3 Å². The van der Waals surface area contributed by atoms with Crippen molar-refractivity contribution in [1.29, 1.82) is 0 Å². The Morgan fingerprint density at radius 3 is 2.86 bits per heavy atom. The second kappa shape index (κ2) is 6.03. The molecule has 6 rings (SSSR count). The van der Waals surface area contributed by atoms with Crippen molar-refractivity contribution in [3.8, 4) is 11.5 Å². The van der Waals surface area contributed by atoms with Crippen molar-refractivity contribution in [3.05, 3.63) is 65.7 Å². The lowest BCUT2D eigenvalue weighted by Gasteiger charge is -2.24. The number of aromatic nitrogens is 6. The lowest BCUT2D eigenvalue weighted by atomic mass is 10.3. The van der Waals surface area contributed by atoms with Crippen LogP contribution in [0.15, 0.2) is 54.9 Å². The van der Waals surface area contributed by atoms with E-state index >= 15 is 0 Å². The third kappa shape index (κ3) is 2.43. The van der Waals surface area contributed by atoms with Crippen LogP contribution in [-0.2, 0) is 6.54 Å². The molecule has 0 fully saturated rings. The summed E-state index contributed by atoms with van der Waals surface area (Å²) in [6.07, 6.45) is 1.55. The van der Waals surface area contributed by atoms with Crippen LogP contribution in [0.5, 0.6) is 11.5 Å². The molecular weight excluding hydrogens is 376 g/mol. The normalized spacial score (nSPS) is 16.1. The van der Waals surface area contributed by atoms with Crippen molar-refractivity contribution in [2.45, 2.75) is 12.6 Å². The first-order valence-electron chi connectivity index (χ1n) is 8.84. The molecule has 0 saturated carbocycles. The molecule has 0 saturated heterocycles. The highest BCUT2D eigenvalue weighted by Gasteiger charge is 2.26. The predicted molar refractivity (Wildman–Crippen MR) is 103 cm³/mol. The summed E-state index contributed by atoms with van der Waals surface area (Å²) in [5.41, 5.74) is 2.00. The van der Waals surface area contributed by atoms with Gasteiger partial charge in [0.15, 0.2) is 28.4 Å². The maximum absolute atomic E-state index is 6.07. The maximum atomic E-state index is 6.07. The molecule has 0 spiro atoms. The van der Waals surface area contributed by atoms with E-state index in [1.165, 1.54) is 11.3 Å². The molecular formula is C19H14N6O2S. The molecule has 138 valence electrons. The second-order valence-electron chi connectivity index (χ2n) is 6.48. The van der Waals surface area contributed by atoms with E-state index in [2.05, 4.69) is 15.2 Å².